The number of carbonyl (C=O) groups excluding carboxylic acids is 1. The van der Waals surface area contributed by atoms with Gasteiger partial charge in [-0.25, -0.2) is 4.79 Å². The number of rotatable bonds is 2. The molecule has 1 aromatic rings. The first-order valence-corrected chi connectivity index (χ1v) is 5.95. The molecule has 0 saturated heterocycles. The van der Waals surface area contributed by atoms with E-state index >= 15 is 0 Å². The van der Waals surface area contributed by atoms with Gasteiger partial charge < -0.3 is 10.6 Å². The van der Waals surface area contributed by atoms with E-state index in [4.69, 9.17) is 5.26 Å². The summed E-state index contributed by atoms with van der Waals surface area (Å²) in [6.07, 6.45) is -20.7. The van der Waals surface area contributed by atoms with Crippen molar-refractivity contribution in [3.05, 3.63) is 29.8 Å². The van der Waals surface area contributed by atoms with E-state index in [2.05, 4.69) is 0 Å². The van der Waals surface area contributed by atoms with E-state index < -0.39 is 35.8 Å². The summed E-state index contributed by atoms with van der Waals surface area (Å²) in [4.78, 5) is 11.3. The summed E-state index contributed by atoms with van der Waals surface area (Å²) in [5.41, 5.74) is -6.86. The van der Waals surface area contributed by atoms with E-state index in [1.54, 1.807) is 6.07 Å². The van der Waals surface area contributed by atoms with Gasteiger partial charge in [-0.15, -0.1) is 0 Å². The molecule has 0 bridgehead atoms. The summed E-state index contributed by atoms with van der Waals surface area (Å²) in [6, 6.07) is 3.09. The van der Waals surface area contributed by atoms with Crippen LogP contribution in [-0.2, 0) is 0 Å². The largest absolute Gasteiger partial charge is 0.429 e. The van der Waals surface area contributed by atoms with E-state index in [0.717, 1.165) is 24.3 Å². The van der Waals surface area contributed by atoms with Gasteiger partial charge in [0.15, 0.2) is 0 Å². The van der Waals surface area contributed by atoms with Crippen LogP contribution in [0, 0.1) is 11.3 Å². The quantitative estimate of drug-likeness (QED) is 0.760. The number of halogens is 9. The minimum absolute atomic E-state index is 0.0289. The molecule has 138 valence electrons. The average Bonchev–Trinajstić information content (AvgIpc) is 2.41. The third kappa shape index (κ3) is 3.89. The zero-order chi connectivity index (χ0) is 19.7. The molecule has 0 aromatic heterocycles. The van der Waals surface area contributed by atoms with Crippen molar-refractivity contribution in [1.29, 1.82) is 5.26 Å². The summed E-state index contributed by atoms with van der Waals surface area (Å²) < 4.78 is 114. The highest BCUT2D eigenvalue weighted by atomic mass is 19.4. The van der Waals surface area contributed by atoms with E-state index in [-0.39, 0.29) is 10.9 Å². The van der Waals surface area contributed by atoms with Crippen LogP contribution in [0.4, 0.5) is 50.0 Å². The van der Waals surface area contributed by atoms with E-state index in [1.165, 1.54) is 5.32 Å². The highest BCUT2D eigenvalue weighted by Gasteiger charge is 2.84. The molecular formula is C12H6F9N3O. The van der Waals surface area contributed by atoms with Crippen LogP contribution in [0.1, 0.15) is 5.56 Å². The highest BCUT2D eigenvalue weighted by Crippen LogP contribution is 2.52. The Balaban J connectivity index is 3.21. The Bertz CT molecular complexity index is 631. The zero-order valence-corrected chi connectivity index (χ0v) is 11.6. The van der Waals surface area contributed by atoms with Crippen LogP contribution in [0.15, 0.2) is 24.3 Å². The SMILES string of the molecule is N#Cc1ccc(NC(=O)NC(C(F)(F)F)(C(F)(F)F)C(F)(F)F)cc1. The second-order valence-corrected chi connectivity index (χ2v) is 4.51. The topological polar surface area (TPSA) is 64.9 Å². The summed E-state index contributed by atoms with van der Waals surface area (Å²) in [5.74, 6) is 0. The van der Waals surface area contributed by atoms with Crippen molar-refractivity contribution >= 4 is 11.7 Å². The average molecular weight is 379 g/mol. The number of benzene rings is 1. The number of amides is 2. The van der Waals surface area contributed by atoms with Gasteiger partial charge in [0.1, 0.15) is 0 Å². The molecule has 13 heteroatoms. The predicted octanol–water partition coefficient (Wildman–Crippen LogP) is 4.11. The Labute approximate surface area is 133 Å². The van der Waals surface area contributed by atoms with Crippen molar-refractivity contribution in [3.63, 3.8) is 0 Å². The second kappa shape index (κ2) is 6.34. The molecule has 0 aliphatic carbocycles. The molecule has 0 unspecified atom stereocenters. The monoisotopic (exact) mass is 379 g/mol. The molecule has 0 atom stereocenters. The third-order valence-electron chi connectivity index (χ3n) is 2.85. The van der Waals surface area contributed by atoms with Crippen LogP contribution in [0.3, 0.4) is 0 Å². The Morgan fingerprint density at radius 2 is 1.24 bits per heavy atom. The highest BCUT2D eigenvalue weighted by molar-refractivity contribution is 5.90. The molecule has 2 amide bonds. The molecule has 0 fully saturated rings. The van der Waals surface area contributed by atoms with Crippen molar-refractivity contribution in [1.82, 2.24) is 5.32 Å². The maximum atomic E-state index is 12.6. The van der Waals surface area contributed by atoms with Crippen LogP contribution in [0.2, 0.25) is 0 Å². The van der Waals surface area contributed by atoms with Crippen LogP contribution >= 0.6 is 0 Å². The lowest BCUT2D eigenvalue weighted by atomic mass is 9.97. The molecule has 0 aliphatic rings. The Morgan fingerprint density at radius 1 is 0.840 bits per heavy atom. The van der Waals surface area contributed by atoms with Crippen LogP contribution in [-0.4, -0.2) is 30.1 Å². The molecule has 4 nitrogen and oxygen atoms in total. The van der Waals surface area contributed by atoms with Crippen molar-refractivity contribution in [3.8, 4) is 6.07 Å². The molecule has 1 aromatic carbocycles. The fraction of sp³-hybridized carbons (Fsp3) is 0.333. The van der Waals surface area contributed by atoms with Gasteiger partial charge in [0, 0.05) is 5.69 Å². The van der Waals surface area contributed by atoms with Crippen molar-refractivity contribution in [2.45, 2.75) is 24.1 Å². The van der Waals surface area contributed by atoms with Crippen molar-refractivity contribution < 1.29 is 44.3 Å². The molecular weight excluding hydrogens is 373 g/mol. The summed E-state index contributed by atoms with van der Waals surface area (Å²) in [5, 5.41) is 9.85. The Morgan fingerprint density at radius 3 is 1.56 bits per heavy atom. The number of hydrogen-bond donors (Lipinski definition) is 2. The minimum Gasteiger partial charge on any atom is -0.308 e. The lowest BCUT2D eigenvalue weighted by Gasteiger charge is -2.38. The van der Waals surface area contributed by atoms with Gasteiger partial charge in [-0.2, -0.15) is 44.8 Å². The Kier molecular flexibility index (Phi) is 5.17. The number of hydrogen-bond acceptors (Lipinski definition) is 2. The third-order valence-corrected chi connectivity index (χ3v) is 2.85. The molecule has 0 saturated carbocycles. The standard InChI is InChI=1S/C12H6F9N3O/c13-10(14,15)9(11(16,17)18,12(19,20)21)24-8(25)23-7-3-1-6(5-22)2-4-7/h1-4H,(H2,23,24,25). The second-order valence-electron chi connectivity index (χ2n) is 4.51. The first-order valence-electron chi connectivity index (χ1n) is 5.95. The van der Waals surface area contributed by atoms with Gasteiger partial charge in [-0.05, 0) is 24.3 Å². The molecule has 0 radical (unpaired) electrons. The van der Waals surface area contributed by atoms with Gasteiger partial charge in [-0.1, -0.05) is 0 Å². The summed E-state index contributed by atoms with van der Waals surface area (Å²) in [6.45, 7) is 0. The number of nitrogens with zero attached hydrogens (tertiary/aromatic N) is 1. The number of anilines is 1. The fourth-order valence-corrected chi connectivity index (χ4v) is 1.66. The maximum absolute atomic E-state index is 12.6. The lowest BCUT2D eigenvalue weighted by molar-refractivity contribution is -0.386. The first kappa shape index (κ1) is 20.4. The number of nitrogens with one attached hydrogen (secondary N) is 2. The number of urea groups is 1. The van der Waals surface area contributed by atoms with Gasteiger partial charge in [0.2, 0.25) is 0 Å². The van der Waals surface area contributed by atoms with Crippen LogP contribution in [0.25, 0.3) is 0 Å². The number of alkyl halides is 9. The van der Waals surface area contributed by atoms with Gasteiger partial charge >= 0.3 is 30.1 Å². The maximum Gasteiger partial charge on any atom is 0.429 e. The van der Waals surface area contributed by atoms with Crippen molar-refractivity contribution in [2.75, 3.05) is 5.32 Å². The normalized spacial score (nSPS) is 13.1. The molecule has 0 aliphatic heterocycles. The number of carbonyl (C=O) groups is 1. The zero-order valence-electron chi connectivity index (χ0n) is 11.6. The van der Waals surface area contributed by atoms with E-state index in [0.29, 0.717) is 0 Å². The molecule has 0 heterocycles. The fourth-order valence-electron chi connectivity index (χ4n) is 1.66. The van der Waals surface area contributed by atoms with E-state index in [9.17, 15) is 44.3 Å². The van der Waals surface area contributed by atoms with Gasteiger partial charge in [0.25, 0.3) is 0 Å². The van der Waals surface area contributed by atoms with E-state index in [1.807, 2.05) is 0 Å². The molecule has 0 spiro atoms. The van der Waals surface area contributed by atoms with Gasteiger partial charge in [0.05, 0.1) is 11.6 Å². The van der Waals surface area contributed by atoms with Crippen LogP contribution < -0.4 is 10.6 Å². The molecule has 2 N–H and O–H groups in total. The smallest absolute Gasteiger partial charge is 0.308 e. The minimum atomic E-state index is -6.91. The van der Waals surface area contributed by atoms with Crippen molar-refractivity contribution in [2.24, 2.45) is 0 Å². The van der Waals surface area contributed by atoms with Gasteiger partial charge in [-0.3, -0.25) is 0 Å². The van der Waals surface area contributed by atoms with Crippen LogP contribution in [0.5, 0.6) is 0 Å². The molecule has 1 rings (SSSR count). The Hall–Kier alpha value is -2.65. The summed E-state index contributed by atoms with van der Waals surface area (Å²) in [7, 11) is 0. The molecule has 25 heavy (non-hydrogen) atoms. The predicted molar refractivity (Wildman–Crippen MR) is 64.2 cm³/mol. The lowest BCUT2D eigenvalue weighted by Crippen LogP contribution is -2.75. The first-order chi connectivity index (χ1) is 11.2. The summed E-state index contributed by atoms with van der Waals surface area (Å²) >= 11 is 0. The number of nitriles is 1.